The van der Waals surface area contributed by atoms with Crippen molar-refractivity contribution in [2.24, 2.45) is 0 Å². The van der Waals surface area contributed by atoms with Crippen LogP contribution in [0.4, 0.5) is 0 Å². The molecule has 1 fully saturated rings. The summed E-state index contributed by atoms with van der Waals surface area (Å²) in [4.78, 5) is 20.1. The molecule has 0 N–H and O–H groups in total. The molecule has 1 aliphatic rings. The second-order valence-corrected chi connectivity index (χ2v) is 8.70. The van der Waals surface area contributed by atoms with Crippen LogP contribution in [0, 0.1) is 0 Å². The number of fused-ring (bicyclic) bond motifs is 3. The molecule has 0 atom stereocenters. The molecule has 1 aliphatic heterocycles. The first kappa shape index (κ1) is 18.1. The summed E-state index contributed by atoms with van der Waals surface area (Å²) in [6.45, 7) is 8.66. The maximum absolute atomic E-state index is 13.6. The van der Waals surface area contributed by atoms with E-state index in [2.05, 4.69) is 35.8 Å². The van der Waals surface area contributed by atoms with Crippen molar-refractivity contribution in [1.82, 2.24) is 33.8 Å². The molecule has 8 heteroatoms. The number of benzene rings is 1. The molecule has 0 radical (unpaired) electrons. The first-order valence-corrected chi connectivity index (χ1v) is 10.1. The first-order chi connectivity index (χ1) is 13.9. The summed E-state index contributed by atoms with van der Waals surface area (Å²) in [5.41, 5.74) is 2.27. The highest BCUT2D eigenvalue weighted by Crippen LogP contribution is 2.29. The molecule has 0 amide bonds. The van der Waals surface area contributed by atoms with Crippen molar-refractivity contribution >= 4 is 16.6 Å². The van der Waals surface area contributed by atoms with Gasteiger partial charge in [0.25, 0.3) is 5.56 Å². The van der Waals surface area contributed by atoms with Crippen LogP contribution in [0.5, 0.6) is 0 Å². The fourth-order valence-electron chi connectivity index (χ4n) is 4.38. The number of nitrogens with zero attached hydrogens (tertiary/aromatic N) is 7. The molecule has 150 valence electrons. The van der Waals surface area contributed by atoms with Gasteiger partial charge in [0.15, 0.2) is 5.69 Å². The van der Waals surface area contributed by atoms with Crippen LogP contribution in [0.2, 0.25) is 0 Å². The summed E-state index contributed by atoms with van der Waals surface area (Å²) in [5.74, 6) is 0. The van der Waals surface area contributed by atoms with Gasteiger partial charge in [0.2, 0.25) is 0 Å². The predicted molar refractivity (Wildman–Crippen MR) is 111 cm³/mol. The fraction of sp³-hybridized carbons (Fsp3) is 0.429. The van der Waals surface area contributed by atoms with E-state index < -0.39 is 0 Å². The van der Waals surface area contributed by atoms with E-state index >= 15 is 0 Å². The zero-order valence-corrected chi connectivity index (χ0v) is 17.0. The van der Waals surface area contributed by atoms with Crippen molar-refractivity contribution in [2.75, 3.05) is 13.1 Å². The van der Waals surface area contributed by atoms with Gasteiger partial charge in [0, 0.05) is 30.1 Å². The fourth-order valence-corrected chi connectivity index (χ4v) is 4.38. The van der Waals surface area contributed by atoms with E-state index in [0.29, 0.717) is 5.69 Å². The van der Waals surface area contributed by atoms with Gasteiger partial charge in [-0.05, 0) is 45.7 Å². The summed E-state index contributed by atoms with van der Waals surface area (Å²) in [6, 6.07) is 8.10. The van der Waals surface area contributed by atoms with E-state index in [-0.39, 0.29) is 17.1 Å². The first-order valence-electron chi connectivity index (χ1n) is 10.1. The highest BCUT2D eigenvalue weighted by atomic mass is 16.1. The molecule has 0 bridgehead atoms. The Bertz CT molecular complexity index is 1220. The molecule has 8 nitrogen and oxygen atoms in total. The van der Waals surface area contributed by atoms with Gasteiger partial charge in [-0.2, -0.15) is 10.2 Å². The van der Waals surface area contributed by atoms with Crippen LogP contribution in [0.3, 0.4) is 0 Å². The molecule has 0 spiro atoms. The Kier molecular flexibility index (Phi) is 4.06. The minimum Gasteiger partial charge on any atom is -0.298 e. The third-order valence-electron chi connectivity index (χ3n) is 5.93. The molecule has 0 unspecified atom stereocenters. The van der Waals surface area contributed by atoms with Gasteiger partial charge >= 0.3 is 0 Å². The zero-order valence-electron chi connectivity index (χ0n) is 17.0. The molecule has 4 heterocycles. The Morgan fingerprint density at radius 1 is 1.10 bits per heavy atom. The number of hydrogen-bond donors (Lipinski definition) is 0. The second kappa shape index (κ2) is 6.52. The van der Waals surface area contributed by atoms with E-state index in [0.717, 1.165) is 42.5 Å². The normalized spacial score (nSPS) is 16.8. The smallest absolute Gasteiger partial charge is 0.280 e. The van der Waals surface area contributed by atoms with Crippen LogP contribution in [0.1, 0.15) is 39.7 Å². The summed E-state index contributed by atoms with van der Waals surface area (Å²) in [6.07, 6.45) is 6.60. The van der Waals surface area contributed by atoms with Gasteiger partial charge < -0.3 is 0 Å². The van der Waals surface area contributed by atoms with Gasteiger partial charge in [0.05, 0.1) is 11.7 Å². The number of piperidine rings is 1. The molecular formula is C21H25N7O. The molecule has 5 rings (SSSR count). The van der Waals surface area contributed by atoms with E-state index in [1.54, 1.807) is 12.5 Å². The average Bonchev–Trinajstić information content (AvgIpc) is 3.35. The lowest BCUT2D eigenvalue weighted by Crippen LogP contribution is -2.47. The van der Waals surface area contributed by atoms with Crippen LogP contribution < -0.4 is 5.56 Å². The Labute approximate surface area is 168 Å². The minimum atomic E-state index is -0.0529. The molecule has 1 saturated heterocycles. The lowest BCUT2D eigenvalue weighted by Gasteiger charge is -2.41. The number of hydrogen-bond acceptors (Lipinski definition) is 5. The highest BCUT2D eigenvalue weighted by molar-refractivity contribution is 5.92. The highest BCUT2D eigenvalue weighted by Gasteiger charge is 2.30. The van der Waals surface area contributed by atoms with Gasteiger partial charge in [-0.1, -0.05) is 12.1 Å². The van der Waals surface area contributed by atoms with Crippen LogP contribution in [0.25, 0.3) is 22.2 Å². The Hall–Kier alpha value is -3.00. The van der Waals surface area contributed by atoms with Crippen molar-refractivity contribution in [3.63, 3.8) is 0 Å². The van der Waals surface area contributed by atoms with Crippen molar-refractivity contribution in [1.29, 1.82) is 0 Å². The van der Waals surface area contributed by atoms with Crippen LogP contribution in [-0.4, -0.2) is 52.5 Å². The predicted octanol–water partition coefficient (Wildman–Crippen LogP) is 2.67. The van der Waals surface area contributed by atoms with Crippen LogP contribution in [0.15, 0.2) is 47.9 Å². The monoisotopic (exact) mass is 391 g/mol. The van der Waals surface area contributed by atoms with Crippen LogP contribution in [-0.2, 0) is 0 Å². The van der Waals surface area contributed by atoms with Gasteiger partial charge in [-0.25, -0.2) is 14.2 Å². The number of likely N-dealkylation sites (tertiary alicyclic amines) is 1. The SMILES string of the molecule is CC(C)(C)N1CCC(n2c(=O)c(-n3cncn3)cn3nc4ccccc4c23)CC1. The van der Waals surface area contributed by atoms with Crippen LogP contribution >= 0.6 is 0 Å². The molecule has 0 saturated carbocycles. The van der Waals surface area contributed by atoms with Crippen molar-refractivity contribution in [3.8, 4) is 5.69 Å². The molecular weight excluding hydrogens is 366 g/mol. The summed E-state index contributed by atoms with van der Waals surface area (Å²) >= 11 is 0. The topological polar surface area (TPSA) is 73.2 Å². The number of rotatable bonds is 2. The Balaban J connectivity index is 1.70. The summed E-state index contributed by atoms with van der Waals surface area (Å²) < 4.78 is 5.28. The van der Waals surface area contributed by atoms with E-state index in [1.165, 1.54) is 11.0 Å². The molecule has 29 heavy (non-hydrogen) atoms. The third kappa shape index (κ3) is 2.95. The minimum absolute atomic E-state index is 0.0529. The second-order valence-electron chi connectivity index (χ2n) is 8.70. The lowest BCUT2D eigenvalue weighted by molar-refractivity contribution is 0.0898. The maximum Gasteiger partial charge on any atom is 0.280 e. The van der Waals surface area contributed by atoms with E-state index in [4.69, 9.17) is 5.10 Å². The van der Waals surface area contributed by atoms with E-state index in [1.807, 2.05) is 33.3 Å². The largest absolute Gasteiger partial charge is 0.298 e. The van der Waals surface area contributed by atoms with Crippen molar-refractivity contribution in [2.45, 2.75) is 45.2 Å². The van der Waals surface area contributed by atoms with E-state index in [9.17, 15) is 4.79 Å². The summed E-state index contributed by atoms with van der Waals surface area (Å²) in [5, 5.41) is 9.90. The van der Waals surface area contributed by atoms with Crippen molar-refractivity contribution < 1.29 is 0 Å². The maximum atomic E-state index is 13.6. The number of aromatic nitrogens is 6. The zero-order chi connectivity index (χ0) is 20.2. The van der Waals surface area contributed by atoms with Gasteiger partial charge in [0.1, 0.15) is 18.3 Å². The molecule has 0 aliphatic carbocycles. The quantitative estimate of drug-likeness (QED) is 0.525. The molecule has 4 aromatic rings. The van der Waals surface area contributed by atoms with Crippen molar-refractivity contribution in [3.05, 3.63) is 53.5 Å². The van der Waals surface area contributed by atoms with Gasteiger partial charge in [-0.3, -0.25) is 14.3 Å². The Morgan fingerprint density at radius 2 is 1.86 bits per heavy atom. The molecule has 3 aromatic heterocycles. The molecule has 1 aromatic carbocycles. The Morgan fingerprint density at radius 3 is 2.55 bits per heavy atom. The van der Waals surface area contributed by atoms with Gasteiger partial charge in [-0.15, -0.1) is 0 Å². The summed E-state index contributed by atoms with van der Waals surface area (Å²) in [7, 11) is 0. The lowest BCUT2D eigenvalue weighted by atomic mass is 9.97. The average molecular weight is 391 g/mol. The third-order valence-corrected chi connectivity index (χ3v) is 5.93. The standard InChI is InChI=1S/C21H25N7O/c1-21(2,3)25-10-8-15(9-11-25)28-19-16-6-4-5-7-17(16)24-26(19)12-18(20(28)29)27-14-22-13-23-27/h4-7,12-15H,8-11H2,1-3H3.